The van der Waals surface area contributed by atoms with Crippen LogP contribution in [0.3, 0.4) is 0 Å². The SMILES string of the molecule is COC(=O)c1cc(Cl)c2c(c1C)O[C@@](C)(C1CCC(N3CC(OC)C3)CC1)O2. The molecule has 2 heterocycles. The van der Waals surface area contributed by atoms with Gasteiger partial charge >= 0.3 is 5.97 Å². The second-order valence-electron chi connectivity index (χ2n) is 8.22. The molecular weight excluding hydrogens is 382 g/mol. The van der Waals surface area contributed by atoms with Gasteiger partial charge in [-0.1, -0.05) is 11.6 Å². The smallest absolute Gasteiger partial charge is 0.338 e. The lowest BCUT2D eigenvalue weighted by atomic mass is 9.80. The van der Waals surface area contributed by atoms with Crippen molar-refractivity contribution in [3.8, 4) is 11.5 Å². The lowest BCUT2D eigenvalue weighted by Crippen LogP contribution is -2.57. The normalized spacial score (nSPS) is 30.2. The lowest BCUT2D eigenvalue weighted by Gasteiger charge is -2.47. The molecule has 1 saturated carbocycles. The Morgan fingerprint density at radius 3 is 2.43 bits per heavy atom. The highest BCUT2D eigenvalue weighted by molar-refractivity contribution is 6.32. The topological polar surface area (TPSA) is 57.2 Å². The van der Waals surface area contributed by atoms with Gasteiger partial charge < -0.3 is 18.9 Å². The summed E-state index contributed by atoms with van der Waals surface area (Å²) in [5, 5.41) is 0.379. The fourth-order valence-electron chi connectivity index (χ4n) is 4.72. The van der Waals surface area contributed by atoms with Crippen LogP contribution in [0.15, 0.2) is 6.07 Å². The molecule has 154 valence electrons. The van der Waals surface area contributed by atoms with E-state index in [-0.39, 0.29) is 5.92 Å². The summed E-state index contributed by atoms with van der Waals surface area (Å²) < 4.78 is 22.8. The van der Waals surface area contributed by atoms with E-state index in [2.05, 4.69) is 4.90 Å². The van der Waals surface area contributed by atoms with E-state index in [9.17, 15) is 4.79 Å². The Morgan fingerprint density at radius 2 is 1.82 bits per heavy atom. The van der Waals surface area contributed by atoms with Crippen molar-refractivity contribution in [2.75, 3.05) is 27.3 Å². The van der Waals surface area contributed by atoms with Gasteiger partial charge in [-0.25, -0.2) is 4.79 Å². The van der Waals surface area contributed by atoms with Gasteiger partial charge in [-0.2, -0.15) is 0 Å². The molecule has 4 rings (SSSR count). The van der Waals surface area contributed by atoms with Crippen molar-refractivity contribution < 1.29 is 23.7 Å². The fourth-order valence-corrected chi connectivity index (χ4v) is 4.95. The molecule has 0 aromatic heterocycles. The first-order chi connectivity index (χ1) is 13.4. The average Bonchev–Trinajstić information content (AvgIpc) is 3.03. The highest BCUT2D eigenvalue weighted by Crippen LogP contribution is 2.51. The summed E-state index contributed by atoms with van der Waals surface area (Å²) in [5.41, 5.74) is 1.11. The van der Waals surface area contributed by atoms with Gasteiger partial charge in [-0.15, -0.1) is 0 Å². The van der Waals surface area contributed by atoms with Crippen molar-refractivity contribution in [2.45, 2.75) is 57.5 Å². The number of ether oxygens (including phenoxy) is 4. The van der Waals surface area contributed by atoms with E-state index in [1.165, 1.54) is 7.11 Å². The number of carbonyl (C=O) groups excluding carboxylic acids is 1. The molecule has 7 heteroatoms. The number of halogens is 1. The van der Waals surface area contributed by atoms with Crippen molar-refractivity contribution in [3.63, 3.8) is 0 Å². The third kappa shape index (κ3) is 3.25. The van der Waals surface area contributed by atoms with E-state index in [0.717, 1.165) is 38.8 Å². The third-order valence-electron chi connectivity index (χ3n) is 6.62. The molecule has 3 aliphatic rings. The van der Waals surface area contributed by atoms with Crippen LogP contribution in [0, 0.1) is 12.8 Å². The quantitative estimate of drug-likeness (QED) is 0.705. The number of carbonyl (C=O) groups is 1. The van der Waals surface area contributed by atoms with Crippen LogP contribution in [0.2, 0.25) is 5.02 Å². The van der Waals surface area contributed by atoms with Crippen molar-refractivity contribution in [1.29, 1.82) is 0 Å². The highest BCUT2D eigenvalue weighted by Gasteiger charge is 2.48. The first-order valence-electron chi connectivity index (χ1n) is 9.92. The molecule has 0 unspecified atom stereocenters. The number of rotatable bonds is 4. The summed E-state index contributed by atoms with van der Waals surface area (Å²) >= 11 is 6.40. The molecule has 1 atom stereocenters. The molecular formula is C21H28ClNO5. The zero-order valence-electron chi connectivity index (χ0n) is 16.9. The van der Waals surface area contributed by atoms with E-state index >= 15 is 0 Å². The van der Waals surface area contributed by atoms with Crippen molar-refractivity contribution >= 4 is 17.6 Å². The van der Waals surface area contributed by atoms with Gasteiger partial charge in [-0.3, -0.25) is 4.90 Å². The second-order valence-corrected chi connectivity index (χ2v) is 8.63. The maximum absolute atomic E-state index is 12.0. The summed E-state index contributed by atoms with van der Waals surface area (Å²) in [4.78, 5) is 14.6. The van der Waals surface area contributed by atoms with Gasteiger partial charge in [0, 0.05) is 44.6 Å². The lowest BCUT2D eigenvalue weighted by molar-refractivity contribution is -0.130. The Kier molecular flexibility index (Phi) is 5.23. The third-order valence-corrected chi connectivity index (χ3v) is 6.90. The molecule has 0 N–H and O–H groups in total. The second kappa shape index (κ2) is 7.39. The maximum Gasteiger partial charge on any atom is 0.338 e. The molecule has 0 radical (unpaired) electrons. The Morgan fingerprint density at radius 1 is 1.18 bits per heavy atom. The Hall–Kier alpha value is -1.50. The van der Waals surface area contributed by atoms with Gasteiger partial charge in [0.25, 0.3) is 5.79 Å². The monoisotopic (exact) mass is 409 g/mol. The Bertz CT molecular complexity index is 771. The number of methoxy groups -OCH3 is 2. The molecule has 2 aliphatic heterocycles. The Balaban J connectivity index is 1.46. The first-order valence-corrected chi connectivity index (χ1v) is 10.3. The largest absolute Gasteiger partial charge is 0.465 e. The summed E-state index contributed by atoms with van der Waals surface area (Å²) in [5.74, 6) is 0.169. The van der Waals surface area contributed by atoms with E-state index in [4.69, 9.17) is 30.5 Å². The van der Waals surface area contributed by atoms with Crippen LogP contribution in [-0.2, 0) is 9.47 Å². The van der Waals surface area contributed by atoms with Gasteiger partial charge in [0.15, 0.2) is 11.5 Å². The van der Waals surface area contributed by atoms with Crippen LogP contribution in [0.5, 0.6) is 11.5 Å². The number of nitrogens with zero attached hydrogens (tertiary/aromatic N) is 1. The van der Waals surface area contributed by atoms with E-state index < -0.39 is 11.8 Å². The van der Waals surface area contributed by atoms with Crippen molar-refractivity contribution in [3.05, 3.63) is 22.2 Å². The minimum atomic E-state index is -0.763. The maximum atomic E-state index is 12.0. The predicted molar refractivity (Wildman–Crippen MR) is 105 cm³/mol. The number of hydrogen-bond donors (Lipinski definition) is 0. The van der Waals surface area contributed by atoms with Crippen molar-refractivity contribution in [2.24, 2.45) is 5.92 Å². The summed E-state index contributed by atoms with van der Waals surface area (Å²) in [6.45, 7) is 5.89. The van der Waals surface area contributed by atoms with Gasteiger partial charge in [-0.05, 0) is 38.7 Å². The van der Waals surface area contributed by atoms with Crippen LogP contribution >= 0.6 is 11.6 Å². The van der Waals surface area contributed by atoms with Crippen LogP contribution in [-0.4, -0.2) is 56.1 Å². The van der Waals surface area contributed by atoms with Gasteiger partial charge in [0.05, 0.1) is 23.8 Å². The van der Waals surface area contributed by atoms with Gasteiger partial charge in [0.2, 0.25) is 0 Å². The highest BCUT2D eigenvalue weighted by atomic mass is 35.5. The zero-order valence-corrected chi connectivity index (χ0v) is 17.7. The molecule has 28 heavy (non-hydrogen) atoms. The van der Waals surface area contributed by atoms with E-state index in [1.807, 2.05) is 13.8 Å². The van der Waals surface area contributed by atoms with Crippen LogP contribution in [0.25, 0.3) is 0 Å². The molecule has 1 aromatic carbocycles. The number of fused-ring (bicyclic) bond motifs is 1. The molecule has 1 saturated heterocycles. The molecule has 2 fully saturated rings. The number of hydrogen-bond acceptors (Lipinski definition) is 6. The number of benzene rings is 1. The molecule has 1 aromatic rings. The average molecular weight is 410 g/mol. The molecule has 6 nitrogen and oxygen atoms in total. The molecule has 0 spiro atoms. The Labute approximate surface area is 171 Å². The molecule has 0 amide bonds. The van der Waals surface area contributed by atoms with Crippen LogP contribution in [0.4, 0.5) is 0 Å². The summed E-state index contributed by atoms with van der Waals surface area (Å²) in [6.07, 6.45) is 4.70. The van der Waals surface area contributed by atoms with Crippen LogP contribution < -0.4 is 9.47 Å². The summed E-state index contributed by atoms with van der Waals surface area (Å²) in [7, 11) is 3.14. The van der Waals surface area contributed by atoms with E-state index in [1.54, 1.807) is 13.2 Å². The van der Waals surface area contributed by atoms with E-state index in [0.29, 0.717) is 39.8 Å². The molecule has 0 bridgehead atoms. The zero-order chi connectivity index (χ0) is 20.1. The minimum absolute atomic E-state index is 0.271. The van der Waals surface area contributed by atoms with Crippen LogP contribution in [0.1, 0.15) is 48.5 Å². The molecule has 1 aliphatic carbocycles. The predicted octanol–water partition coefficient (Wildman–Crippen LogP) is 3.81. The van der Waals surface area contributed by atoms with Gasteiger partial charge in [0.1, 0.15) is 0 Å². The minimum Gasteiger partial charge on any atom is -0.465 e. The fraction of sp³-hybridized carbons (Fsp3) is 0.667. The number of likely N-dealkylation sites (tertiary alicyclic amines) is 1. The first kappa shape index (κ1) is 19.8. The van der Waals surface area contributed by atoms with Crippen molar-refractivity contribution in [1.82, 2.24) is 4.90 Å². The number of esters is 1. The standard InChI is InChI=1S/C21H28ClNO5/c1-12-16(20(24)26-4)9-17(22)19-18(12)27-21(2,28-19)13-5-7-14(8-6-13)23-10-15(11-23)25-3/h9,13-15H,5-8,10-11H2,1-4H3/t13?,14?,21-/m1/s1. The summed E-state index contributed by atoms with van der Waals surface area (Å²) in [6, 6.07) is 2.22.